The van der Waals surface area contributed by atoms with Crippen LogP contribution in [0, 0.1) is 5.82 Å². The number of nitrogens with one attached hydrogen (secondary N) is 1. The van der Waals surface area contributed by atoms with Gasteiger partial charge < -0.3 is 11.1 Å². The summed E-state index contributed by atoms with van der Waals surface area (Å²) < 4.78 is 16.9. The standard InChI is InChI=1S/C21H18ClFN6O/c1-3-14(25-18-17(22)19(24)27-28(2)21(18)30)20-26-15-10-9-12(23)11-16(15)29(20)13-7-5-4-6-8-13/h3-11,14,25H,1H2,2H3,(H2,24,27). The third-order valence-corrected chi connectivity index (χ3v) is 5.06. The second kappa shape index (κ2) is 7.64. The molecule has 1 unspecified atom stereocenters. The number of nitrogens with zero attached hydrogens (tertiary/aromatic N) is 4. The van der Waals surface area contributed by atoms with E-state index in [0.29, 0.717) is 16.9 Å². The number of anilines is 2. The molecule has 152 valence electrons. The van der Waals surface area contributed by atoms with E-state index in [2.05, 4.69) is 22.0 Å². The van der Waals surface area contributed by atoms with Crippen LogP contribution in [0.1, 0.15) is 11.9 Å². The molecule has 0 bridgehead atoms. The van der Waals surface area contributed by atoms with Gasteiger partial charge in [0.1, 0.15) is 28.4 Å². The molecule has 7 nitrogen and oxygen atoms in total. The lowest BCUT2D eigenvalue weighted by Gasteiger charge is -2.19. The Bertz CT molecular complexity index is 1310. The van der Waals surface area contributed by atoms with Crippen LogP contribution in [0.25, 0.3) is 16.7 Å². The number of nitrogen functional groups attached to an aromatic ring is 1. The van der Waals surface area contributed by atoms with Crippen molar-refractivity contribution < 1.29 is 4.39 Å². The minimum atomic E-state index is -0.632. The highest BCUT2D eigenvalue weighted by molar-refractivity contribution is 6.35. The number of benzene rings is 2. The number of imidazole rings is 1. The van der Waals surface area contributed by atoms with Crippen molar-refractivity contribution in [2.45, 2.75) is 6.04 Å². The summed E-state index contributed by atoms with van der Waals surface area (Å²) in [6, 6.07) is 13.1. The second-order valence-electron chi connectivity index (χ2n) is 6.63. The molecule has 0 saturated heterocycles. The fourth-order valence-corrected chi connectivity index (χ4v) is 3.44. The molecule has 30 heavy (non-hydrogen) atoms. The summed E-state index contributed by atoms with van der Waals surface area (Å²) in [5, 5.41) is 6.95. The molecule has 1 atom stereocenters. The number of aryl methyl sites for hydroxylation is 1. The highest BCUT2D eigenvalue weighted by atomic mass is 35.5. The molecule has 4 rings (SSSR count). The average Bonchev–Trinajstić information content (AvgIpc) is 3.11. The first-order valence-electron chi connectivity index (χ1n) is 9.05. The van der Waals surface area contributed by atoms with E-state index in [1.165, 1.54) is 19.2 Å². The van der Waals surface area contributed by atoms with Crippen LogP contribution in [0.4, 0.5) is 15.9 Å². The molecule has 0 aliphatic rings. The van der Waals surface area contributed by atoms with E-state index in [1.807, 2.05) is 30.3 Å². The first-order valence-corrected chi connectivity index (χ1v) is 9.43. The van der Waals surface area contributed by atoms with Gasteiger partial charge in [0, 0.05) is 18.8 Å². The van der Waals surface area contributed by atoms with Gasteiger partial charge in [0.25, 0.3) is 5.56 Å². The van der Waals surface area contributed by atoms with E-state index in [-0.39, 0.29) is 22.3 Å². The van der Waals surface area contributed by atoms with Gasteiger partial charge in [0.05, 0.1) is 11.0 Å². The molecule has 2 heterocycles. The number of nitrogens with two attached hydrogens (primary N) is 1. The quantitative estimate of drug-likeness (QED) is 0.475. The molecule has 0 fully saturated rings. The summed E-state index contributed by atoms with van der Waals surface area (Å²) in [4.78, 5) is 17.2. The first-order chi connectivity index (χ1) is 14.4. The third-order valence-electron chi connectivity index (χ3n) is 4.68. The number of aromatic nitrogens is 4. The molecule has 0 spiro atoms. The van der Waals surface area contributed by atoms with Crippen LogP contribution >= 0.6 is 11.6 Å². The van der Waals surface area contributed by atoms with Gasteiger partial charge in [-0.1, -0.05) is 35.9 Å². The van der Waals surface area contributed by atoms with Crippen molar-refractivity contribution in [3.05, 3.63) is 88.2 Å². The molecule has 4 aromatic rings. The molecular weight excluding hydrogens is 407 g/mol. The molecule has 0 amide bonds. The molecule has 0 aliphatic heterocycles. The topological polar surface area (TPSA) is 90.8 Å². The van der Waals surface area contributed by atoms with Crippen LogP contribution < -0.4 is 16.6 Å². The minimum absolute atomic E-state index is 0.0124. The Kier molecular flexibility index (Phi) is 5.01. The van der Waals surface area contributed by atoms with Gasteiger partial charge in [-0.25, -0.2) is 14.1 Å². The van der Waals surface area contributed by atoms with E-state index < -0.39 is 11.6 Å². The Morgan fingerprint density at radius 1 is 1.27 bits per heavy atom. The Morgan fingerprint density at radius 2 is 2.00 bits per heavy atom. The molecule has 2 aromatic carbocycles. The van der Waals surface area contributed by atoms with E-state index in [4.69, 9.17) is 17.3 Å². The first kappa shape index (κ1) is 19.7. The predicted molar refractivity (Wildman–Crippen MR) is 116 cm³/mol. The van der Waals surface area contributed by atoms with Crippen molar-refractivity contribution in [1.82, 2.24) is 19.3 Å². The van der Waals surface area contributed by atoms with Crippen molar-refractivity contribution in [2.75, 3.05) is 11.1 Å². The van der Waals surface area contributed by atoms with Gasteiger partial charge in [0.2, 0.25) is 0 Å². The van der Waals surface area contributed by atoms with Gasteiger partial charge >= 0.3 is 0 Å². The highest BCUT2D eigenvalue weighted by Crippen LogP contribution is 2.30. The number of fused-ring (bicyclic) bond motifs is 1. The zero-order valence-electron chi connectivity index (χ0n) is 16.0. The fraction of sp³-hybridized carbons (Fsp3) is 0.0952. The van der Waals surface area contributed by atoms with Crippen molar-refractivity contribution in [1.29, 1.82) is 0 Å². The average molecular weight is 425 g/mol. The van der Waals surface area contributed by atoms with E-state index >= 15 is 0 Å². The van der Waals surface area contributed by atoms with Crippen LogP contribution in [0.5, 0.6) is 0 Å². The maximum absolute atomic E-state index is 14.0. The van der Waals surface area contributed by atoms with Crippen molar-refractivity contribution in [3.8, 4) is 5.69 Å². The number of halogens is 2. The fourth-order valence-electron chi connectivity index (χ4n) is 3.27. The molecule has 0 radical (unpaired) electrons. The van der Waals surface area contributed by atoms with Crippen molar-refractivity contribution in [3.63, 3.8) is 0 Å². The van der Waals surface area contributed by atoms with Gasteiger partial charge in [-0.2, -0.15) is 5.10 Å². The number of rotatable bonds is 5. The molecule has 0 aliphatic carbocycles. The predicted octanol–water partition coefficient (Wildman–Crippen LogP) is 3.83. The molecular formula is C21H18ClFN6O. The number of para-hydroxylation sites is 1. The molecule has 2 aromatic heterocycles. The Labute approximate surface area is 176 Å². The Balaban J connectivity index is 1.92. The summed E-state index contributed by atoms with van der Waals surface area (Å²) in [7, 11) is 1.48. The Morgan fingerprint density at radius 3 is 2.70 bits per heavy atom. The molecule has 0 saturated carbocycles. The maximum Gasteiger partial charge on any atom is 0.291 e. The summed E-state index contributed by atoms with van der Waals surface area (Å²) in [6.45, 7) is 3.87. The zero-order valence-corrected chi connectivity index (χ0v) is 16.8. The van der Waals surface area contributed by atoms with Gasteiger partial charge in [-0.3, -0.25) is 9.36 Å². The lowest BCUT2D eigenvalue weighted by atomic mass is 10.2. The SMILES string of the molecule is C=CC(Nc1c(Cl)c(N)nn(C)c1=O)c1nc2ccc(F)cc2n1-c1ccccc1. The second-order valence-corrected chi connectivity index (χ2v) is 7.01. The van der Waals surface area contributed by atoms with Gasteiger partial charge in [0.15, 0.2) is 5.82 Å². The van der Waals surface area contributed by atoms with Gasteiger partial charge in [-0.05, 0) is 24.3 Å². The summed E-state index contributed by atoms with van der Waals surface area (Å²) >= 11 is 6.24. The molecule has 9 heteroatoms. The zero-order chi connectivity index (χ0) is 21.4. The summed E-state index contributed by atoms with van der Waals surface area (Å²) in [6.07, 6.45) is 1.59. The van der Waals surface area contributed by atoms with Crippen LogP contribution in [-0.4, -0.2) is 19.3 Å². The van der Waals surface area contributed by atoms with Crippen molar-refractivity contribution in [2.24, 2.45) is 7.05 Å². The normalized spacial score (nSPS) is 12.1. The smallest absolute Gasteiger partial charge is 0.291 e. The lowest BCUT2D eigenvalue weighted by molar-refractivity contribution is 0.629. The number of hydrogen-bond donors (Lipinski definition) is 2. The van der Waals surface area contributed by atoms with E-state index in [9.17, 15) is 9.18 Å². The van der Waals surface area contributed by atoms with Crippen LogP contribution in [0.3, 0.4) is 0 Å². The third kappa shape index (κ3) is 3.31. The highest BCUT2D eigenvalue weighted by Gasteiger charge is 2.23. The minimum Gasteiger partial charge on any atom is -0.381 e. The Hall–Kier alpha value is -3.65. The van der Waals surface area contributed by atoms with Crippen LogP contribution in [0.2, 0.25) is 5.02 Å². The summed E-state index contributed by atoms with van der Waals surface area (Å²) in [5.41, 5.74) is 7.40. The van der Waals surface area contributed by atoms with Crippen molar-refractivity contribution >= 4 is 34.1 Å². The maximum atomic E-state index is 14.0. The van der Waals surface area contributed by atoms with Crippen LogP contribution in [0.15, 0.2) is 66.0 Å². The lowest BCUT2D eigenvalue weighted by Crippen LogP contribution is -2.27. The monoisotopic (exact) mass is 424 g/mol. The number of hydrogen-bond acceptors (Lipinski definition) is 5. The largest absolute Gasteiger partial charge is 0.381 e. The molecule has 3 N–H and O–H groups in total. The van der Waals surface area contributed by atoms with Gasteiger partial charge in [-0.15, -0.1) is 6.58 Å². The van der Waals surface area contributed by atoms with E-state index in [0.717, 1.165) is 10.4 Å². The van der Waals surface area contributed by atoms with E-state index in [1.54, 1.807) is 16.7 Å². The summed E-state index contributed by atoms with van der Waals surface area (Å²) in [5.74, 6) is 0.140. The van der Waals surface area contributed by atoms with Crippen LogP contribution in [-0.2, 0) is 7.05 Å².